The maximum absolute atomic E-state index is 12.8. The summed E-state index contributed by atoms with van der Waals surface area (Å²) in [5.41, 5.74) is 1.05. The van der Waals surface area contributed by atoms with E-state index >= 15 is 0 Å². The van der Waals surface area contributed by atoms with Crippen LogP contribution in [0.15, 0.2) is 53.1 Å². The van der Waals surface area contributed by atoms with E-state index in [4.69, 9.17) is 4.42 Å². The molecule has 1 aromatic carbocycles. The smallest absolute Gasteiger partial charge is 0.245 e. The minimum absolute atomic E-state index is 0.0210. The third kappa shape index (κ3) is 4.95. The third-order valence-corrected chi connectivity index (χ3v) is 4.51. The number of nitrogens with zero attached hydrogens (tertiary/aromatic N) is 1. The average Bonchev–Trinajstić information content (AvgIpc) is 3.33. The van der Waals surface area contributed by atoms with Crippen LogP contribution in [0.2, 0.25) is 0 Å². The zero-order valence-electron chi connectivity index (χ0n) is 14.3. The van der Waals surface area contributed by atoms with E-state index in [1.165, 1.54) is 0 Å². The van der Waals surface area contributed by atoms with Crippen LogP contribution in [-0.2, 0) is 22.4 Å². The lowest BCUT2D eigenvalue weighted by molar-refractivity contribution is -0.135. The molecule has 2 aromatic rings. The Labute approximate surface area is 148 Å². The Balaban J connectivity index is 1.62. The van der Waals surface area contributed by atoms with E-state index < -0.39 is 6.04 Å². The fraction of sp³-hybridized carbons (Fsp3) is 0.400. The molecular weight excluding hydrogens is 316 g/mol. The van der Waals surface area contributed by atoms with Crippen molar-refractivity contribution in [3.8, 4) is 0 Å². The van der Waals surface area contributed by atoms with Crippen LogP contribution in [-0.4, -0.2) is 35.8 Å². The molecule has 1 aliphatic rings. The Morgan fingerprint density at radius 2 is 1.84 bits per heavy atom. The van der Waals surface area contributed by atoms with Crippen molar-refractivity contribution in [1.82, 2.24) is 10.2 Å². The van der Waals surface area contributed by atoms with Gasteiger partial charge in [-0.25, -0.2) is 0 Å². The second kappa shape index (κ2) is 8.51. The van der Waals surface area contributed by atoms with E-state index in [1.54, 1.807) is 6.26 Å². The van der Waals surface area contributed by atoms with Crippen LogP contribution in [0, 0.1) is 0 Å². The predicted molar refractivity (Wildman–Crippen MR) is 94.9 cm³/mol. The van der Waals surface area contributed by atoms with Crippen molar-refractivity contribution in [2.45, 2.75) is 38.1 Å². The zero-order valence-corrected chi connectivity index (χ0v) is 14.3. The molecule has 1 atom stereocenters. The number of nitrogens with one attached hydrogen (secondary N) is 1. The van der Waals surface area contributed by atoms with Gasteiger partial charge in [-0.1, -0.05) is 30.3 Å². The average molecular weight is 340 g/mol. The molecule has 0 radical (unpaired) electrons. The van der Waals surface area contributed by atoms with Gasteiger partial charge in [0.1, 0.15) is 11.8 Å². The highest BCUT2D eigenvalue weighted by Crippen LogP contribution is 2.13. The first-order valence-electron chi connectivity index (χ1n) is 8.87. The molecule has 1 N–H and O–H groups in total. The summed E-state index contributed by atoms with van der Waals surface area (Å²) in [6.45, 7) is 1.57. The molecule has 2 heterocycles. The second-order valence-electron chi connectivity index (χ2n) is 6.42. The molecule has 3 rings (SSSR count). The molecule has 5 nitrogen and oxygen atoms in total. The van der Waals surface area contributed by atoms with Crippen molar-refractivity contribution in [3.63, 3.8) is 0 Å². The summed E-state index contributed by atoms with van der Waals surface area (Å²) in [5.74, 6) is 0.679. The number of hydrogen-bond donors (Lipinski definition) is 1. The maximum atomic E-state index is 12.8. The lowest BCUT2D eigenvalue weighted by Gasteiger charge is -2.24. The number of rotatable bonds is 7. The lowest BCUT2D eigenvalue weighted by atomic mass is 10.0. The molecule has 1 aliphatic heterocycles. The van der Waals surface area contributed by atoms with Gasteiger partial charge < -0.3 is 14.6 Å². The molecule has 1 unspecified atom stereocenters. The fourth-order valence-corrected chi connectivity index (χ4v) is 3.17. The van der Waals surface area contributed by atoms with Gasteiger partial charge in [0.2, 0.25) is 11.8 Å². The van der Waals surface area contributed by atoms with Crippen LogP contribution in [0.5, 0.6) is 0 Å². The fourth-order valence-electron chi connectivity index (χ4n) is 3.17. The monoisotopic (exact) mass is 340 g/mol. The van der Waals surface area contributed by atoms with Crippen molar-refractivity contribution in [1.29, 1.82) is 0 Å². The SMILES string of the molecule is O=C(CCc1ccco1)NC(Cc1ccccc1)C(=O)N1CCCC1. The molecule has 25 heavy (non-hydrogen) atoms. The lowest BCUT2D eigenvalue weighted by Crippen LogP contribution is -2.49. The summed E-state index contributed by atoms with van der Waals surface area (Å²) in [4.78, 5) is 27.0. The maximum Gasteiger partial charge on any atom is 0.245 e. The van der Waals surface area contributed by atoms with Gasteiger partial charge in [0, 0.05) is 32.4 Å². The largest absolute Gasteiger partial charge is 0.469 e. The van der Waals surface area contributed by atoms with Gasteiger partial charge in [-0.15, -0.1) is 0 Å². The van der Waals surface area contributed by atoms with Crippen LogP contribution in [0.1, 0.15) is 30.6 Å². The Hall–Kier alpha value is -2.56. The van der Waals surface area contributed by atoms with Crippen LogP contribution < -0.4 is 5.32 Å². The molecule has 0 spiro atoms. The van der Waals surface area contributed by atoms with E-state index in [9.17, 15) is 9.59 Å². The van der Waals surface area contributed by atoms with E-state index in [-0.39, 0.29) is 11.8 Å². The summed E-state index contributed by atoms with van der Waals surface area (Å²) < 4.78 is 5.26. The first-order valence-corrected chi connectivity index (χ1v) is 8.87. The number of hydrogen-bond acceptors (Lipinski definition) is 3. The molecule has 2 amide bonds. The molecule has 1 saturated heterocycles. The molecule has 0 aliphatic carbocycles. The Bertz CT molecular complexity index is 676. The highest BCUT2D eigenvalue weighted by atomic mass is 16.3. The molecule has 5 heteroatoms. The first-order chi connectivity index (χ1) is 12.2. The van der Waals surface area contributed by atoms with Crippen LogP contribution in [0.25, 0.3) is 0 Å². The number of furan rings is 1. The third-order valence-electron chi connectivity index (χ3n) is 4.51. The van der Waals surface area contributed by atoms with Gasteiger partial charge in [0.15, 0.2) is 0 Å². The van der Waals surface area contributed by atoms with Crippen LogP contribution in [0.4, 0.5) is 0 Å². The summed E-state index contributed by atoms with van der Waals surface area (Å²) >= 11 is 0. The predicted octanol–water partition coefficient (Wildman–Crippen LogP) is 2.56. The quantitative estimate of drug-likeness (QED) is 0.842. The van der Waals surface area contributed by atoms with Gasteiger partial charge in [0.25, 0.3) is 0 Å². The Morgan fingerprint density at radius 3 is 2.52 bits per heavy atom. The van der Waals surface area contributed by atoms with Crippen molar-refractivity contribution >= 4 is 11.8 Å². The number of carbonyl (C=O) groups excluding carboxylic acids is 2. The molecule has 1 aromatic heterocycles. The normalized spacial score (nSPS) is 15.1. The van der Waals surface area contributed by atoms with Gasteiger partial charge in [-0.2, -0.15) is 0 Å². The van der Waals surface area contributed by atoms with Crippen molar-refractivity contribution < 1.29 is 14.0 Å². The highest BCUT2D eigenvalue weighted by Gasteiger charge is 2.27. The number of carbonyl (C=O) groups is 2. The Kier molecular flexibility index (Phi) is 5.88. The highest BCUT2D eigenvalue weighted by molar-refractivity contribution is 5.88. The van der Waals surface area contributed by atoms with Crippen molar-refractivity contribution in [3.05, 3.63) is 60.1 Å². The number of benzene rings is 1. The number of amides is 2. The van der Waals surface area contributed by atoms with Crippen LogP contribution >= 0.6 is 0 Å². The van der Waals surface area contributed by atoms with Gasteiger partial charge in [0.05, 0.1) is 6.26 Å². The van der Waals surface area contributed by atoms with Crippen LogP contribution in [0.3, 0.4) is 0 Å². The van der Waals surface area contributed by atoms with Gasteiger partial charge in [-0.3, -0.25) is 9.59 Å². The molecule has 1 fully saturated rings. The minimum Gasteiger partial charge on any atom is -0.469 e. The van der Waals surface area contributed by atoms with E-state index in [0.29, 0.717) is 19.3 Å². The summed E-state index contributed by atoms with van der Waals surface area (Å²) in [7, 11) is 0. The number of likely N-dealkylation sites (tertiary alicyclic amines) is 1. The standard InChI is InChI=1S/C20H24N2O3/c23-19(11-10-17-9-6-14-25-17)21-18(15-16-7-2-1-3-8-16)20(24)22-12-4-5-13-22/h1-3,6-9,14,18H,4-5,10-13,15H2,(H,21,23). The van der Waals surface area contributed by atoms with Gasteiger partial charge in [-0.05, 0) is 30.5 Å². The summed E-state index contributed by atoms with van der Waals surface area (Å²) in [6.07, 6.45) is 5.04. The van der Waals surface area contributed by atoms with Gasteiger partial charge >= 0.3 is 0 Å². The molecule has 132 valence electrons. The second-order valence-corrected chi connectivity index (χ2v) is 6.42. The molecular formula is C20H24N2O3. The molecule has 0 bridgehead atoms. The topological polar surface area (TPSA) is 62.6 Å². The van der Waals surface area contributed by atoms with E-state index in [2.05, 4.69) is 5.32 Å². The minimum atomic E-state index is -0.510. The van der Waals surface area contributed by atoms with E-state index in [0.717, 1.165) is 37.3 Å². The zero-order chi connectivity index (χ0) is 17.5. The first kappa shape index (κ1) is 17.3. The molecule has 0 saturated carbocycles. The summed E-state index contributed by atoms with van der Waals surface area (Å²) in [6, 6.07) is 13.0. The number of aryl methyl sites for hydroxylation is 1. The van der Waals surface area contributed by atoms with E-state index in [1.807, 2.05) is 47.4 Å². The summed E-state index contributed by atoms with van der Waals surface area (Å²) in [5, 5.41) is 2.93. The Morgan fingerprint density at radius 1 is 1.08 bits per heavy atom. The van der Waals surface area contributed by atoms with Crippen molar-refractivity contribution in [2.75, 3.05) is 13.1 Å². The van der Waals surface area contributed by atoms with Crippen molar-refractivity contribution in [2.24, 2.45) is 0 Å².